The van der Waals surface area contributed by atoms with Crippen molar-refractivity contribution < 1.29 is 8.23 Å². The fourth-order valence-corrected chi connectivity index (χ4v) is 44.4. The minimum atomic E-state index is -2.12. The van der Waals surface area contributed by atoms with E-state index in [-0.39, 0.29) is 0 Å². The molecule has 0 aromatic carbocycles. The van der Waals surface area contributed by atoms with Gasteiger partial charge < -0.3 is 8.23 Å². The van der Waals surface area contributed by atoms with E-state index in [1.54, 1.807) is 0 Å². The van der Waals surface area contributed by atoms with E-state index in [1.807, 2.05) is 0 Å². The lowest BCUT2D eigenvalue weighted by Crippen LogP contribution is -2.57. The summed E-state index contributed by atoms with van der Waals surface area (Å²) in [6, 6.07) is 0. The molecule has 0 N–H and O–H groups in total. The Morgan fingerprint density at radius 3 is 0.742 bits per heavy atom. The molecule has 0 rings (SSSR count). The van der Waals surface area contributed by atoms with Gasteiger partial charge in [0.2, 0.25) is 33.0 Å². The van der Waals surface area contributed by atoms with E-state index in [0.717, 1.165) is 0 Å². The normalized spacial score (nSPS) is 14.5. The molecule has 0 aliphatic carbocycles. The van der Waals surface area contributed by atoms with E-state index < -0.39 is 33.0 Å². The monoisotopic (exact) mass is 520 g/mol. The highest BCUT2D eigenvalue weighted by molar-refractivity contribution is 8.49. The maximum Gasteiger partial charge on any atom is 0.245 e. The molecule has 7 heteroatoms. The van der Waals surface area contributed by atoms with Gasteiger partial charge >= 0.3 is 0 Å². The first kappa shape index (κ1) is 32.1. The Morgan fingerprint density at radius 2 is 0.613 bits per heavy atom. The average molecular weight is 521 g/mol. The SMILES string of the molecule is CC(C)[Si](O[Si](S[Si](O[Si](C(C)C)C(C)C)(C(C)C)C(C)C)(C(C)C)C(C)C)C(C)C. The van der Waals surface area contributed by atoms with Crippen molar-refractivity contribution in [3.05, 3.63) is 0 Å². The third kappa shape index (κ3) is 8.10. The summed E-state index contributed by atoms with van der Waals surface area (Å²) in [5, 5.41) is 0. The van der Waals surface area contributed by atoms with Gasteiger partial charge in [-0.25, -0.2) is 0 Å². The Balaban J connectivity index is 6.64. The minimum Gasteiger partial charge on any atom is -0.447 e. The van der Waals surface area contributed by atoms with E-state index in [1.165, 1.54) is 0 Å². The van der Waals surface area contributed by atoms with Gasteiger partial charge in [0, 0.05) is 0 Å². The quantitative estimate of drug-likeness (QED) is 0.212. The molecule has 0 amide bonds. The standard InChI is InChI=1S/C24H56O2SSi4/c1-17(2)28(18(3)4)25-30(21(9)10,22(11)12)27-31(23(13)14,24(15)16)26-29(19(5)6)20(7)8/h17-24H,1-16H3. The molecule has 0 atom stereocenters. The Morgan fingerprint density at radius 1 is 0.419 bits per heavy atom. The lowest BCUT2D eigenvalue weighted by molar-refractivity contribution is 0.502. The minimum absolute atomic E-state index is 0.580. The third-order valence-corrected chi connectivity index (χ3v) is 37.2. The summed E-state index contributed by atoms with van der Waals surface area (Å²) in [5.41, 5.74) is 4.86. The van der Waals surface area contributed by atoms with Crippen LogP contribution in [-0.2, 0) is 8.23 Å². The van der Waals surface area contributed by atoms with Crippen LogP contribution in [-0.4, -0.2) is 33.0 Å². The molecular formula is C24H56O2SSi4. The van der Waals surface area contributed by atoms with Crippen LogP contribution in [0.25, 0.3) is 0 Å². The van der Waals surface area contributed by atoms with Crippen LogP contribution in [0, 0.1) is 0 Å². The Hall–Kier alpha value is 1.14. The van der Waals surface area contributed by atoms with Crippen LogP contribution < -0.4 is 0 Å². The molecule has 0 aromatic rings. The maximum absolute atomic E-state index is 7.51. The van der Waals surface area contributed by atoms with E-state index in [2.05, 4.69) is 121 Å². The van der Waals surface area contributed by atoms with Gasteiger partial charge in [0.25, 0.3) is 0 Å². The van der Waals surface area contributed by atoms with Crippen LogP contribution in [0.5, 0.6) is 0 Å². The summed E-state index contributed by atoms with van der Waals surface area (Å²) in [6.45, 7) is 38.6. The molecular weight excluding hydrogens is 465 g/mol. The van der Waals surface area contributed by atoms with Gasteiger partial charge in [-0.2, -0.15) is 0 Å². The third-order valence-electron chi connectivity index (χ3n) is 6.37. The van der Waals surface area contributed by atoms with Gasteiger partial charge in [-0.05, 0) is 44.3 Å². The lowest BCUT2D eigenvalue weighted by atomic mass is 10.5. The Kier molecular flexibility index (Phi) is 13.8. The van der Waals surface area contributed by atoms with Gasteiger partial charge in [-0.1, -0.05) is 111 Å². The fraction of sp³-hybridized carbons (Fsp3) is 1.00. The van der Waals surface area contributed by atoms with Crippen molar-refractivity contribution in [3.8, 4) is 0 Å². The largest absolute Gasteiger partial charge is 0.447 e. The topological polar surface area (TPSA) is 18.5 Å². The Bertz CT molecular complexity index is 432. The molecule has 2 radical (unpaired) electrons. The molecule has 0 fully saturated rings. The maximum atomic E-state index is 7.51. The molecule has 0 heterocycles. The summed E-state index contributed by atoms with van der Waals surface area (Å²) < 4.78 is 15.0. The molecule has 0 aromatic heterocycles. The molecule has 0 saturated heterocycles. The zero-order chi connectivity index (χ0) is 24.9. The van der Waals surface area contributed by atoms with Crippen molar-refractivity contribution >= 4 is 43.7 Å². The molecule has 0 bridgehead atoms. The first-order valence-corrected chi connectivity index (χ1v) is 22.3. The van der Waals surface area contributed by atoms with Crippen molar-refractivity contribution in [2.75, 3.05) is 0 Å². The summed E-state index contributed by atoms with van der Waals surface area (Å²) in [4.78, 5) is 0. The van der Waals surface area contributed by atoms with Crippen LogP contribution >= 0.6 is 10.7 Å². The first-order valence-electron chi connectivity index (χ1n) is 12.8. The smallest absolute Gasteiger partial charge is 0.245 e. The zero-order valence-corrected chi connectivity index (χ0v) is 28.7. The van der Waals surface area contributed by atoms with Crippen molar-refractivity contribution in [1.82, 2.24) is 0 Å². The van der Waals surface area contributed by atoms with Gasteiger partial charge in [0.05, 0.1) is 0 Å². The second-order valence-corrected chi connectivity index (χ2v) is 33.6. The number of hydrogen-bond acceptors (Lipinski definition) is 3. The molecule has 0 spiro atoms. The lowest BCUT2D eigenvalue weighted by Gasteiger charge is -2.51. The average Bonchev–Trinajstić information content (AvgIpc) is 2.58. The molecule has 31 heavy (non-hydrogen) atoms. The highest BCUT2D eigenvalue weighted by Gasteiger charge is 2.57. The predicted octanol–water partition coefficient (Wildman–Crippen LogP) is 9.90. The van der Waals surface area contributed by atoms with E-state index in [9.17, 15) is 0 Å². The highest BCUT2D eigenvalue weighted by Crippen LogP contribution is 2.55. The fourth-order valence-electron chi connectivity index (χ4n) is 4.74. The van der Waals surface area contributed by atoms with Gasteiger partial charge in [-0.15, -0.1) is 10.7 Å². The van der Waals surface area contributed by atoms with Crippen LogP contribution in [0.15, 0.2) is 0 Å². The molecule has 0 saturated carbocycles. The summed E-state index contributed by atoms with van der Waals surface area (Å²) in [7, 11) is -3.70. The van der Waals surface area contributed by atoms with Crippen molar-refractivity contribution in [3.63, 3.8) is 0 Å². The van der Waals surface area contributed by atoms with Gasteiger partial charge in [0.15, 0.2) is 0 Å². The first-order chi connectivity index (χ1) is 14.0. The molecule has 2 nitrogen and oxygen atoms in total. The second kappa shape index (κ2) is 13.3. The van der Waals surface area contributed by atoms with Crippen LogP contribution in [0.3, 0.4) is 0 Å². The van der Waals surface area contributed by atoms with Gasteiger partial charge in [0.1, 0.15) is 0 Å². The Labute approximate surface area is 206 Å². The number of hydrogen-bond donors (Lipinski definition) is 0. The second-order valence-electron chi connectivity index (χ2n) is 11.8. The van der Waals surface area contributed by atoms with E-state index in [0.29, 0.717) is 44.3 Å². The zero-order valence-electron chi connectivity index (χ0n) is 23.8. The highest BCUT2D eigenvalue weighted by atomic mass is 32.5. The summed E-state index contributed by atoms with van der Waals surface area (Å²) in [6.07, 6.45) is 0. The molecule has 0 aliphatic heterocycles. The predicted molar refractivity (Wildman–Crippen MR) is 154 cm³/mol. The number of rotatable bonds is 14. The molecule has 0 unspecified atom stereocenters. The van der Waals surface area contributed by atoms with Crippen molar-refractivity contribution in [2.24, 2.45) is 0 Å². The van der Waals surface area contributed by atoms with Crippen LogP contribution in [0.4, 0.5) is 0 Å². The van der Waals surface area contributed by atoms with E-state index >= 15 is 0 Å². The van der Waals surface area contributed by atoms with Crippen LogP contribution in [0.1, 0.15) is 111 Å². The summed E-state index contributed by atoms with van der Waals surface area (Å²) in [5.74, 6) is 0. The van der Waals surface area contributed by atoms with Gasteiger partial charge in [-0.3, -0.25) is 0 Å². The molecule has 0 aliphatic rings. The van der Waals surface area contributed by atoms with Crippen molar-refractivity contribution in [1.29, 1.82) is 0 Å². The van der Waals surface area contributed by atoms with E-state index in [4.69, 9.17) is 8.23 Å². The molecule has 186 valence electrons. The van der Waals surface area contributed by atoms with Crippen LogP contribution in [0.2, 0.25) is 44.3 Å². The van der Waals surface area contributed by atoms with Crippen molar-refractivity contribution in [2.45, 2.75) is 155 Å². The summed E-state index contributed by atoms with van der Waals surface area (Å²) >= 11 is 0.